The van der Waals surface area contributed by atoms with Crippen LogP contribution in [0.15, 0.2) is 24.3 Å². The summed E-state index contributed by atoms with van der Waals surface area (Å²) in [5.74, 6) is -0.630. The molecule has 0 aromatic heterocycles. The van der Waals surface area contributed by atoms with Crippen LogP contribution in [0.25, 0.3) is 0 Å². The van der Waals surface area contributed by atoms with Gasteiger partial charge in [-0.15, -0.1) is 0 Å². The monoisotopic (exact) mass is 304 g/mol. The van der Waals surface area contributed by atoms with Crippen molar-refractivity contribution in [1.82, 2.24) is 10.6 Å². The van der Waals surface area contributed by atoms with E-state index in [0.29, 0.717) is 24.5 Å². The summed E-state index contributed by atoms with van der Waals surface area (Å²) in [5.41, 5.74) is 1.29. The third kappa shape index (κ3) is 4.05. The molecule has 22 heavy (non-hydrogen) atoms. The summed E-state index contributed by atoms with van der Waals surface area (Å²) in [6, 6.07) is 7.13. The van der Waals surface area contributed by atoms with Gasteiger partial charge in [0, 0.05) is 25.9 Å². The molecule has 0 aliphatic carbocycles. The van der Waals surface area contributed by atoms with E-state index in [2.05, 4.69) is 16.0 Å². The molecule has 118 valence electrons. The van der Waals surface area contributed by atoms with Gasteiger partial charge in [-0.2, -0.15) is 0 Å². The van der Waals surface area contributed by atoms with Crippen LogP contribution in [0.3, 0.4) is 0 Å². The molecular formula is C15H20N4O3. The number of nitrogens with one attached hydrogen (secondary N) is 3. The van der Waals surface area contributed by atoms with Gasteiger partial charge in [0.05, 0.1) is 11.4 Å². The predicted octanol–water partition coefficient (Wildman–Crippen LogP) is 0.0875. The zero-order valence-corrected chi connectivity index (χ0v) is 12.5. The van der Waals surface area contributed by atoms with Crippen LogP contribution >= 0.6 is 0 Å². The smallest absolute Gasteiger partial charge is 0.244 e. The van der Waals surface area contributed by atoms with Crippen LogP contribution in [0.1, 0.15) is 12.8 Å². The highest BCUT2D eigenvalue weighted by molar-refractivity contribution is 6.10. The number of amides is 3. The number of hydrogen-bond acceptors (Lipinski definition) is 4. The van der Waals surface area contributed by atoms with E-state index in [0.717, 1.165) is 0 Å². The second kappa shape index (κ2) is 7.56. The number of carbonyl (C=O) groups excluding carboxylic acids is 3. The van der Waals surface area contributed by atoms with Crippen LogP contribution in [0.5, 0.6) is 0 Å². The zero-order valence-electron chi connectivity index (χ0n) is 12.5. The standard InChI is InChI=1S/C15H20N4O3/c1-16-8-9-17-13(20)6-7-15(22)19-10-14(21)18-11-4-2-3-5-12(11)19/h2-5,16H,6-10H2,1H3,(H,17,20)(H,18,21). The summed E-state index contributed by atoms with van der Waals surface area (Å²) in [7, 11) is 1.80. The van der Waals surface area contributed by atoms with Gasteiger partial charge in [-0.05, 0) is 19.2 Å². The van der Waals surface area contributed by atoms with Crippen LogP contribution in [0, 0.1) is 0 Å². The van der Waals surface area contributed by atoms with Crippen LogP contribution in [0.4, 0.5) is 11.4 Å². The van der Waals surface area contributed by atoms with Crippen molar-refractivity contribution in [3.63, 3.8) is 0 Å². The minimum atomic E-state index is -0.231. The molecule has 2 rings (SSSR count). The quantitative estimate of drug-likeness (QED) is 0.650. The Labute approximate surface area is 129 Å². The number of nitrogens with zero attached hydrogens (tertiary/aromatic N) is 1. The molecule has 1 aliphatic rings. The number of rotatable bonds is 6. The molecule has 1 heterocycles. The van der Waals surface area contributed by atoms with Crippen LogP contribution in [-0.4, -0.2) is 44.4 Å². The maximum Gasteiger partial charge on any atom is 0.244 e. The normalized spacial score (nSPS) is 13.3. The molecule has 0 saturated carbocycles. The van der Waals surface area contributed by atoms with Gasteiger partial charge in [-0.3, -0.25) is 14.4 Å². The second-order valence-electron chi connectivity index (χ2n) is 5.00. The van der Waals surface area contributed by atoms with E-state index in [4.69, 9.17) is 0 Å². The highest BCUT2D eigenvalue weighted by atomic mass is 16.2. The number of benzene rings is 1. The molecule has 0 bridgehead atoms. The number of hydrogen-bond donors (Lipinski definition) is 3. The van der Waals surface area contributed by atoms with Crippen molar-refractivity contribution in [1.29, 1.82) is 0 Å². The molecule has 0 atom stereocenters. The Morgan fingerprint density at radius 3 is 2.77 bits per heavy atom. The summed E-state index contributed by atoms with van der Waals surface area (Å²) in [6.45, 7) is 1.19. The maximum atomic E-state index is 12.3. The molecule has 0 radical (unpaired) electrons. The van der Waals surface area contributed by atoms with Gasteiger partial charge >= 0.3 is 0 Å². The Morgan fingerprint density at radius 1 is 1.23 bits per heavy atom. The Balaban J connectivity index is 1.93. The Hall–Kier alpha value is -2.41. The molecule has 1 aliphatic heterocycles. The molecule has 0 saturated heterocycles. The first-order valence-electron chi connectivity index (χ1n) is 7.22. The maximum absolute atomic E-state index is 12.3. The number of carbonyl (C=O) groups is 3. The minimum Gasteiger partial charge on any atom is -0.355 e. The first-order chi connectivity index (χ1) is 10.6. The van der Waals surface area contributed by atoms with Crippen molar-refractivity contribution < 1.29 is 14.4 Å². The van der Waals surface area contributed by atoms with Crippen molar-refractivity contribution in [2.75, 3.05) is 36.9 Å². The lowest BCUT2D eigenvalue weighted by molar-refractivity contribution is -0.125. The Bertz CT molecular complexity index is 574. The number of para-hydroxylation sites is 2. The molecule has 7 nitrogen and oxygen atoms in total. The van der Waals surface area contributed by atoms with E-state index in [9.17, 15) is 14.4 Å². The summed E-state index contributed by atoms with van der Waals surface area (Å²) < 4.78 is 0. The molecule has 0 unspecified atom stereocenters. The number of likely N-dealkylation sites (N-methyl/N-ethyl adjacent to an activating group) is 1. The van der Waals surface area contributed by atoms with Gasteiger partial charge in [-0.1, -0.05) is 12.1 Å². The van der Waals surface area contributed by atoms with Crippen LogP contribution in [0.2, 0.25) is 0 Å². The molecule has 1 aromatic rings. The molecule has 7 heteroatoms. The summed E-state index contributed by atoms with van der Waals surface area (Å²) >= 11 is 0. The highest BCUT2D eigenvalue weighted by Crippen LogP contribution is 2.29. The molecule has 1 aromatic carbocycles. The fourth-order valence-corrected chi connectivity index (χ4v) is 2.23. The topological polar surface area (TPSA) is 90.5 Å². The van der Waals surface area contributed by atoms with Crippen molar-refractivity contribution >= 4 is 29.1 Å². The van der Waals surface area contributed by atoms with E-state index in [1.54, 1.807) is 31.3 Å². The number of fused-ring (bicyclic) bond motifs is 1. The molecule has 3 amide bonds. The Morgan fingerprint density at radius 2 is 2.00 bits per heavy atom. The summed E-state index contributed by atoms with van der Waals surface area (Å²) in [4.78, 5) is 37.0. The summed E-state index contributed by atoms with van der Waals surface area (Å²) in [6.07, 6.45) is 0.190. The fourth-order valence-electron chi connectivity index (χ4n) is 2.23. The highest BCUT2D eigenvalue weighted by Gasteiger charge is 2.26. The molecule has 3 N–H and O–H groups in total. The number of anilines is 2. The Kier molecular flexibility index (Phi) is 5.48. The first kappa shape index (κ1) is 16.0. The van der Waals surface area contributed by atoms with Crippen molar-refractivity contribution in [3.05, 3.63) is 24.3 Å². The van der Waals surface area contributed by atoms with Crippen molar-refractivity contribution in [2.24, 2.45) is 0 Å². The lowest BCUT2D eigenvalue weighted by Gasteiger charge is -2.29. The third-order valence-corrected chi connectivity index (χ3v) is 3.33. The predicted molar refractivity (Wildman–Crippen MR) is 83.6 cm³/mol. The fraction of sp³-hybridized carbons (Fsp3) is 0.400. The van der Waals surface area contributed by atoms with Crippen LogP contribution in [-0.2, 0) is 14.4 Å². The molecular weight excluding hydrogens is 284 g/mol. The lowest BCUT2D eigenvalue weighted by Crippen LogP contribution is -2.42. The van der Waals surface area contributed by atoms with E-state index >= 15 is 0 Å². The first-order valence-corrected chi connectivity index (χ1v) is 7.22. The van der Waals surface area contributed by atoms with E-state index in [1.165, 1.54) is 4.90 Å². The third-order valence-electron chi connectivity index (χ3n) is 3.33. The average molecular weight is 304 g/mol. The molecule has 0 fully saturated rings. The summed E-state index contributed by atoms with van der Waals surface area (Å²) in [5, 5.41) is 8.36. The largest absolute Gasteiger partial charge is 0.355 e. The van der Waals surface area contributed by atoms with E-state index in [-0.39, 0.29) is 37.1 Å². The van der Waals surface area contributed by atoms with E-state index in [1.807, 2.05) is 0 Å². The van der Waals surface area contributed by atoms with Gasteiger partial charge in [0.2, 0.25) is 17.7 Å². The minimum absolute atomic E-state index is 0.0166. The van der Waals surface area contributed by atoms with Gasteiger partial charge in [-0.25, -0.2) is 0 Å². The van der Waals surface area contributed by atoms with Gasteiger partial charge < -0.3 is 20.9 Å². The van der Waals surface area contributed by atoms with Gasteiger partial charge in [0.15, 0.2) is 0 Å². The van der Waals surface area contributed by atoms with Crippen molar-refractivity contribution in [3.8, 4) is 0 Å². The van der Waals surface area contributed by atoms with Gasteiger partial charge in [0.25, 0.3) is 0 Å². The average Bonchev–Trinajstić information content (AvgIpc) is 2.52. The van der Waals surface area contributed by atoms with Gasteiger partial charge in [0.1, 0.15) is 6.54 Å². The van der Waals surface area contributed by atoms with Crippen molar-refractivity contribution in [2.45, 2.75) is 12.8 Å². The lowest BCUT2D eigenvalue weighted by atomic mass is 10.1. The zero-order chi connectivity index (χ0) is 15.9. The van der Waals surface area contributed by atoms with E-state index < -0.39 is 0 Å². The molecule has 0 spiro atoms. The second-order valence-corrected chi connectivity index (χ2v) is 5.00. The van der Waals surface area contributed by atoms with Crippen LogP contribution < -0.4 is 20.9 Å². The SMILES string of the molecule is CNCCNC(=O)CCC(=O)N1CC(=O)Nc2ccccc21.